The number of rotatable bonds is 13. The first-order valence-corrected chi connectivity index (χ1v) is 13.5. The lowest BCUT2D eigenvalue weighted by atomic mass is 9.81. The van der Waals surface area contributed by atoms with Gasteiger partial charge in [-0.15, -0.1) is 0 Å². The van der Waals surface area contributed by atoms with Crippen LogP contribution in [0.3, 0.4) is 0 Å². The molecule has 0 saturated heterocycles. The lowest BCUT2D eigenvalue weighted by Gasteiger charge is -2.35. The Labute approximate surface area is 244 Å². The van der Waals surface area contributed by atoms with Gasteiger partial charge in [-0.2, -0.15) is 0 Å². The van der Waals surface area contributed by atoms with Gasteiger partial charge < -0.3 is 54.0 Å². The Kier molecular flexibility index (Phi) is 10.2. The first kappa shape index (κ1) is 31.0. The van der Waals surface area contributed by atoms with Crippen molar-refractivity contribution in [1.82, 2.24) is 0 Å². The quantitative estimate of drug-likeness (QED) is 0.201. The molecule has 5 N–H and O–H groups in total. The van der Waals surface area contributed by atoms with E-state index in [2.05, 4.69) is 0 Å². The minimum Gasteiger partial charge on any atom is -0.504 e. The summed E-state index contributed by atoms with van der Waals surface area (Å²) in [5.74, 6) is 0.774. The van der Waals surface area contributed by atoms with Gasteiger partial charge in [-0.05, 0) is 59.9 Å². The molecule has 3 aromatic rings. The zero-order valence-electron chi connectivity index (χ0n) is 24.0. The van der Waals surface area contributed by atoms with E-state index in [-0.39, 0.29) is 42.0 Å². The summed E-state index contributed by atoms with van der Waals surface area (Å²) in [5, 5.41) is 52.1. The summed E-state index contributed by atoms with van der Waals surface area (Å²) in [5.41, 5.74) is 1.80. The number of aliphatic hydroxyl groups is 4. The second-order valence-electron chi connectivity index (χ2n) is 9.99. The van der Waals surface area contributed by atoms with Gasteiger partial charge in [0.2, 0.25) is 5.75 Å². The molecule has 0 radical (unpaired) electrons. The van der Waals surface area contributed by atoms with Crippen LogP contribution in [0.1, 0.15) is 28.9 Å². The number of ether oxygens (including phenoxy) is 6. The molecular weight excluding hydrogens is 548 g/mol. The number of phenolic OH excluding ortho intramolecular Hbond substituents is 1. The first-order chi connectivity index (χ1) is 20.3. The Morgan fingerprint density at radius 2 is 1.48 bits per heavy atom. The van der Waals surface area contributed by atoms with Gasteiger partial charge in [0.15, 0.2) is 46.7 Å². The van der Waals surface area contributed by atoms with Gasteiger partial charge >= 0.3 is 0 Å². The summed E-state index contributed by atoms with van der Waals surface area (Å²) in [7, 11) is 5.94. The Bertz CT molecular complexity index is 1340. The third-order valence-electron chi connectivity index (χ3n) is 7.58. The maximum atomic E-state index is 11.5. The van der Waals surface area contributed by atoms with E-state index in [1.807, 2.05) is 0 Å². The van der Waals surface area contributed by atoms with Gasteiger partial charge in [0, 0.05) is 24.7 Å². The molecule has 4 rings (SSSR count). The molecule has 3 aromatic carbocycles. The average molecular weight is 587 g/mol. The second-order valence-corrected chi connectivity index (χ2v) is 9.99. The van der Waals surface area contributed by atoms with Crippen molar-refractivity contribution in [3.8, 4) is 40.2 Å². The van der Waals surface area contributed by atoms with Crippen LogP contribution in [0.5, 0.6) is 40.2 Å². The monoisotopic (exact) mass is 586 g/mol. The predicted molar refractivity (Wildman–Crippen MR) is 152 cm³/mol. The third kappa shape index (κ3) is 6.29. The Balaban J connectivity index is 1.66. The maximum Gasteiger partial charge on any atom is 0.204 e. The fourth-order valence-electron chi connectivity index (χ4n) is 5.25. The summed E-state index contributed by atoms with van der Waals surface area (Å²) in [4.78, 5) is 0. The summed E-state index contributed by atoms with van der Waals surface area (Å²) in [6.45, 7) is -1.08. The van der Waals surface area contributed by atoms with Gasteiger partial charge in [0.1, 0.15) is 0 Å². The smallest absolute Gasteiger partial charge is 0.204 e. The molecule has 0 fully saturated rings. The molecule has 0 unspecified atom stereocenters. The van der Waals surface area contributed by atoms with Crippen LogP contribution in [0.2, 0.25) is 0 Å². The first-order valence-electron chi connectivity index (χ1n) is 13.5. The highest BCUT2D eigenvalue weighted by Crippen LogP contribution is 2.48. The zero-order valence-corrected chi connectivity index (χ0v) is 24.0. The standard InChI is InChI=1S/C31H38O11/c1-37-23-8-6-18(11-25(23)39-3)30-28(16-34)42-31-26(40-4)12-19(13-27(31)41-30)29(36)21(15-33)20(14-32)9-17-5-7-22(35)24(10-17)38-2/h5-8,10-13,20-21,28-30,32-36H,9,14-16H2,1-4H3/t20-,21-,28-,29+,30-/m0/s1. The molecule has 0 spiro atoms. The molecule has 0 aliphatic carbocycles. The van der Waals surface area contributed by atoms with Crippen LogP contribution in [0, 0.1) is 11.8 Å². The van der Waals surface area contributed by atoms with Crippen LogP contribution in [-0.4, -0.2) is 79.9 Å². The molecule has 1 aliphatic heterocycles. The highest BCUT2D eigenvalue weighted by molar-refractivity contribution is 5.56. The number of fused-ring (bicyclic) bond motifs is 1. The molecule has 42 heavy (non-hydrogen) atoms. The van der Waals surface area contributed by atoms with Crippen molar-refractivity contribution in [1.29, 1.82) is 0 Å². The van der Waals surface area contributed by atoms with E-state index in [0.29, 0.717) is 29.0 Å². The molecule has 0 bridgehead atoms. The summed E-state index contributed by atoms with van der Waals surface area (Å²) < 4.78 is 34.0. The molecule has 11 nitrogen and oxygen atoms in total. The lowest BCUT2D eigenvalue weighted by molar-refractivity contribution is -0.0153. The molecule has 1 heterocycles. The minimum atomic E-state index is -1.22. The molecule has 0 saturated carbocycles. The molecule has 5 atom stereocenters. The fourth-order valence-corrected chi connectivity index (χ4v) is 5.25. The fraction of sp³-hybridized carbons (Fsp3) is 0.419. The largest absolute Gasteiger partial charge is 0.504 e. The van der Waals surface area contributed by atoms with Crippen molar-refractivity contribution >= 4 is 0 Å². The van der Waals surface area contributed by atoms with E-state index in [1.54, 1.807) is 42.5 Å². The van der Waals surface area contributed by atoms with Crippen LogP contribution in [0.15, 0.2) is 48.5 Å². The molecule has 228 valence electrons. The van der Waals surface area contributed by atoms with Crippen molar-refractivity contribution in [2.24, 2.45) is 11.8 Å². The predicted octanol–water partition coefficient (Wildman–Crippen LogP) is 2.79. The van der Waals surface area contributed by atoms with Crippen LogP contribution in [0.25, 0.3) is 0 Å². The van der Waals surface area contributed by atoms with Crippen molar-refractivity contribution in [2.45, 2.75) is 24.7 Å². The summed E-state index contributed by atoms with van der Waals surface area (Å²) >= 11 is 0. The van der Waals surface area contributed by atoms with Gasteiger partial charge in [-0.25, -0.2) is 0 Å². The lowest BCUT2D eigenvalue weighted by Crippen LogP contribution is -2.36. The molecule has 0 aromatic heterocycles. The van der Waals surface area contributed by atoms with Gasteiger partial charge in [0.25, 0.3) is 0 Å². The van der Waals surface area contributed by atoms with Crippen molar-refractivity contribution in [3.05, 3.63) is 65.2 Å². The van der Waals surface area contributed by atoms with E-state index in [1.165, 1.54) is 34.5 Å². The number of methoxy groups -OCH3 is 4. The SMILES string of the molecule is COc1cc(C[C@@H](CO)[C@H](CO)[C@H](O)c2cc(OC)c3c(c2)O[C@@H](c2ccc(OC)c(OC)c2)[C@H](CO)O3)ccc1O. The van der Waals surface area contributed by atoms with E-state index < -0.39 is 36.8 Å². The van der Waals surface area contributed by atoms with E-state index in [9.17, 15) is 25.5 Å². The number of hydrogen-bond acceptors (Lipinski definition) is 11. The highest BCUT2D eigenvalue weighted by Gasteiger charge is 2.37. The van der Waals surface area contributed by atoms with Gasteiger partial charge in [-0.1, -0.05) is 12.1 Å². The number of hydrogen-bond donors (Lipinski definition) is 5. The van der Waals surface area contributed by atoms with Crippen LogP contribution < -0.4 is 28.4 Å². The topological polar surface area (TPSA) is 157 Å². The molecule has 1 aliphatic rings. The Morgan fingerprint density at radius 1 is 0.762 bits per heavy atom. The number of aliphatic hydroxyl groups excluding tert-OH is 4. The highest BCUT2D eigenvalue weighted by atomic mass is 16.6. The third-order valence-corrected chi connectivity index (χ3v) is 7.58. The van der Waals surface area contributed by atoms with Crippen molar-refractivity contribution in [2.75, 3.05) is 48.3 Å². The number of benzene rings is 3. The van der Waals surface area contributed by atoms with Crippen LogP contribution >= 0.6 is 0 Å². The minimum absolute atomic E-state index is 0.0151. The van der Waals surface area contributed by atoms with Gasteiger partial charge in [-0.3, -0.25) is 0 Å². The molecule has 0 amide bonds. The van der Waals surface area contributed by atoms with E-state index in [0.717, 1.165) is 5.56 Å². The summed E-state index contributed by atoms with van der Waals surface area (Å²) in [6, 6.07) is 13.3. The number of phenols is 1. The molecule has 11 heteroatoms. The van der Waals surface area contributed by atoms with Crippen molar-refractivity contribution < 1.29 is 54.0 Å². The van der Waals surface area contributed by atoms with E-state index in [4.69, 9.17) is 28.4 Å². The van der Waals surface area contributed by atoms with E-state index >= 15 is 0 Å². The molecular formula is C31H38O11. The van der Waals surface area contributed by atoms with Gasteiger partial charge in [0.05, 0.1) is 41.2 Å². The second kappa shape index (κ2) is 13.8. The van der Waals surface area contributed by atoms with Crippen molar-refractivity contribution in [3.63, 3.8) is 0 Å². The Morgan fingerprint density at radius 3 is 2.10 bits per heavy atom. The maximum absolute atomic E-state index is 11.5. The number of aromatic hydroxyl groups is 1. The normalized spacial score (nSPS) is 18.1. The van der Waals surface area contributed by atoms with Crippen LogP contribution in [0.4, 0.5) is 0 Å². The van der Waals surface area contributed by atoms with Crippen LogP contribution in [-0.2, 0) is 6.42 Å². The summed E-state index contributed by atoms with van der Waals surface area (Å²) in [6.07, 6.45) is -2.42. The zero-order chi connectivity index (χ0) is 30.4. The Hall–Kier alpha value is -3.90. The average Bonchev–Trinajstić information content (AvgIpc) is 3.03.